The second-order valence-electron chi connectivity index (χ2n) is 2.88. The number of phenolic OH excluding ortho intramolecular Hbond substituents is 1. The van der Waals surface area contributed by atoms with Crippen LogP contribution in [0.1, 0.15) is 17.5 Å². The van der Waals surface area contributed by atoms with Gasteiger partial charge in [-0.05, 0) is 30.9 Å². The van der Waals surface area contributed by atoms with Gasteiger partial charge in [0.1, 0.15) is 5.75 Å². The lowest BCUT2D eigenvalue weighted by Gasteiger charge is -2.04. The van der Waals surface area contributed by atoms with Crippen molar-refractivity contribution in [3.05, 3.63) is 29.3 Å². The van der Waals surface area contributed by atoms with Crippen LogP contribution in [0.3, 0.4) is 0 Å². The molecule has 0 aromatic heterocycles. The molecule has 0 unspecified atom stereocenters. The van der Waals surface area contributed by atoms with Gasteiger partial charge in [-0.25, -0.2) is 0 Å². The van der Waals surface area contributed by atoms with E-state index in [0.29, 0.717) is 11.6 Å². The molecule has 0 radical (unpaired) electrons. The monoisotopic (exact) mass is 184 g/mol. The van der Waals surface area contributed by atoms with E-state index in [1.165, 1.54) is 0 Å². The Labute approximate surface area is 78.0 Å². The third-order valence-electron chi connectivity index (χ3n) is 1.90. The van der Waals surface area contributed by atoms with E-state index in [9.17, 15) is 5.11 Å². The van der Waals surface area contributed by atoms with Crippen molar-refractivity contribution in [2.75, 3.05) is 5.88 Å². The first kappa shape index (κ1) is 9.40. The standard InChI is InChI=1S/C10H13ClO/c1-8-4-2-5-9(10(8)12)6-3-7-11/h2,4-5,12H,3,6-7H2,1H3. The third-order valence-corrected chi connectivity index (χ3v) is 2.17. The Hall–Kier alpha value is -0.690. The molecule has 1 N–H and O–H groups in total. The molecule has 66 valence electrons. The van der Waals surface area contributed by atoms with Crippen LogP contribution in [0.5, 0.6) is 5.75 Å². The van der Waals surface area contributed by atoms with Crippen molar-refractivity contribution in [3.63, 3.8) is 0 Å². The van der Waals surface area contributed by atoms with Crippen LogP contribution in [0.2, 0.25) is 0 Å². The number of alkyl halides is 1. The molecule has 1 aromatic carbocycles. The van der Waals surface area contributed by atoms with Gasteiger partial charge in [0.25, 0.3) is 0 Å². The van der Waals surface area contributed by atoms with Crippen molar-refractivity contribution in [3.8, 4) is 5.75 Å². The first-order valence-corrected chi connectivity index (χ1v) is 4.62. The minimum Gasteiger partial charge on any atom is -0.507 e. The summed E-state index contributed by atoms with van der Waals surface area (Å²) in [4.78, 5) is 0. The molecular weight excluding hydrogens is 172 g/mol. The van der Waals surface area contributed by atoms with Crippen LogP contribution < -0.4 is 0 Å². The van der Waals surface area contributed by atoms with Crippen molar-refractivity contribution < 1.29 is 5.11 Å². The summed E-state index contributed by atoms with van der Waals surface area (Å²) in [6.07, 6.45) is 1.77. The maximum absolute atomic E-state index is 9.58. The topological polar surface area (TPSA) is 20.2 Å². The number of benzene rings is 1. The lowest BCUT2D eigenvalue weighted by Crippen LogP contribution is -1.88. The second kappa shape index (κ2) is 4.36. The van der Waals surface area contributed by atoms with Crippen molar-refractivity contribution in [2.45, 2.75) is 19.8 Å². The molecule has 0 atom stereocenters. The van der Waals surface area contributed by atoms with Crippen molar-refractivity contribution in [1.82, 2.24) is 0 Å². The van der Waals surface area contributed by atoms with Crippen LogP contribution in [0.15, 0.2) is 18.2 Å². The van der Waals surface area contributed by atoms with Gasteiger partial charge in [-0.3, -0.25) is 0 Å². The molecule has 0 bridgehead atoms. The number of hydrogen-bond donors (Lipinski definition) is 1. The molecule has 2 heteroatoms. The summed E-state index contributed by atoms with van der Waals surface area (Å²) in [5.74, 6) is 1.07. The summed E-state index contributed by atoms with van der Waals surface area (Å²) < 4.78 is 0. The van der Waals surface area contributed by atoms with E-state index in [1.54, 1.807) is 0 Å². The third kappa shape index (κ3) is 2.15. The number of aryl methyl sites for hydroxylation is 2. The first-order chi connectivity index (χ1) is 5.75. The van der Waals surface area contributed by atoms with Crippen molar-refractivity contribution in [1.29, 1.82) is 0 Å². The lowest BCUT2D eigenvalue weighted by molar-refractivity contribution is 0.463. The van der Waals surface area contributed by atoms with Crippen LogP contribution in [-0.2, 0) is 6.42 Å². The number of halogens is 1. The molecule has 0 saturated heterocycles. The molecule has 0 fully saturated rings. The van der Waals surface area contributed by atoms with Crippen LogP contribution in [0, 0.1) is 6.92 Å². The summed E-state index contributed by atoms with van der Waals surface area (Å²) in [5, 5.41) is 9.58. The summed E-state index contributed by atoms with van der Waals surface area (Å²) in [6, 6.07) is 5.80. The van der Waals surface area contributed by atoms with Gasteiger partial charge in [0, 0.05) is 5.88 Å². The fourth-order valence-electron chi connectivity index (χ4n) is 1.18. The fraction of sp³-hybridized carbons (Fsp3) is 0.400. The maximum atomic E-state index is 9.58. The molecule has 0 saturated carbocycles. The first-order valence-electron chi connectivity index (χ1n) is 4.09. The summed E-state index contributed by atoms with van der Waals surface area (Å²) >= 11 is 5.56. The molecule has 0 aliphatic heterocycles. The van der Waals surface area contributed by atoms with Gasteiger partial charge in [0.15, 0.2) is 0 Å². The number of rotatable bonds is 3. The van der Waals surface area contributed by atoms with Gasteiger partial charge in [-0.2, -0.15) is 0 Å². The summed E-state index contributed by atoms with van der Waals surface area (Å²) in [7, 11) is 0. The Balaban J connectivity index is 2.78. The van der Waals surface area contributed by atoms with Gasteiger partial charge in [0.05, 0.1) is 0 Å². The predicted octanol–water partition coefficient (Wildman–Crippen LogP) is 2.87. The normalized spacial score (nSPS) is 10.2. The highest BCUT2D eigenvalue weighted by Gasteiger charge is 2.01. The zero-order valence-corrected chi connectivity index (χ0v) is 7.93. The molecule has 0 spiro atoms. The van der Waals surface area contributed by atoms with Gasteiger partial charge in [-0.15, -0.1) is 11.6 Å². The van der Waals surface area contributed by atoms with Gasteiger partial charge >= 0.3 is 0 Å². The number of hydrogen-bond acceptors (Lipinski definition) is 1. The molecule has 0 amide bonds. The number of phenols is 1. The minimum atomic E-state index is 0.419. The Morgan fingerprint density at radius 2 is 2.17 bits per heavy atom. The summed E-state index contributed by atoms with van der Waals surface area (Å²) in [5.41, 5.74) is 1.93. The van der Waals surface area contributed by atoms with E-state index in [1.807, 2.05) is 25.1 Å². The summed E-state index contributed by atoms with van der Waals surface area (Å²) in [6.45, 7) is 1.90. The van der Waals surface area contributed by atoms with Crippen molar-refractivity contribution >= 4 is 11.6 Å². The van der Waals surface area contributed by atoms with Crippen molar-refractivity contribution in [2.24, 2.45) is 0 Å². The Morgan fingerprint density at radius 3 is 2.83 bits per heavy atom. The average Bonchev–Trinajstić information content (AvgIpc) is 2.08. The largest absolute Gasteiger partial charge is 0.507 e. The second-order valence-corrected chi connectivity index (χ2v) is 3.25. The lowest BCUT2D eigenvalue weighted by atomic mass is 10.1. The smallest absolute Gasteiger partial charge is 0.121 e. The number of aromatic hydroxyl groups is 1. The van der Waals surface area contributed by atoms with E-state index in [2.05, 4.69) is 0 Å². The fourth-order valence-corrected chi connectivity index (χ4v) is 1.31. The quantitative estimate of drug-likeness (QED) is 0.717. The van der Waals surface area contributed by atoms with Crippen LogP contribution >= 0.6 is 11.6 Å². The van der Waals surface area contributed by atoms with Crippen LogP contribution in [0.4, 0.5) is 0 Å². The molecule has 0 heterocycles. The Bertz CT molecular complexity index is 258. The highest BCUT2D eigenvalue weighted by molar-refractivity contribution is 6.17. The molecule has 1 aromatic rings. The van der Waals surface area contributed by atoms with E-state index >= 15 is 0 Å². The molecule has 0 aliphatic carbocycles. The minimum absolute atomic E-state index is 0.419. The highest BCUT2D eigenvalue weighted by Crippen LogP contribution is 2.22. The van der Waals surface area contributed by atoms with Gasteiger partial charge in [0.2, 0.25) is 0 Å². The molecule has 1 rings (SSSR count). The average molecular weight is 185 g/mol. The molecule has 1 nitrogen and oxygen atoms in total. The SMILES string of the molecule is Cc1cccc(CCCCl)c1O. The van der Waals surface area contributed by atoms with E-state index in [0.717, 1.165) is 24.0 Å². The van der Waals surface area contributed by atoms with Gasteiger partial charge < -0.3 is 5.11 Å². The maximum Gasteiger partial charge on any atom is 0.121 e. The zero-order valence-electron chi connectivity index (χ0n) is 7.18. The molecule has 0 aliphatic rings. The number of para-hydroxylation sites is 1. The van der Waals surface area contributed by atoms with Crippen LogP contribution in [0.25, 0.3) is 0 Å². The predicted molar refractivity (Wildman–Crippen MR) is 51.9 cm³/mol. The van der Waals surface area contributed by atoms with E-state index < -0.39 is 0 Å². The Kier molecular flexibility index (Phi) is 3.42. The van der Waals surface area contributed by atoms with E-state index in [-0.39, 0.29) is 0 Å². The van der Waals surface area contributed by atoms with Crippen LogP contribution in [-0.4, -0.2) is 11.0 Å². The van der Waals surface area contributed by atoms with E-state index in [4.69, 9.17) is 11.6 Å². The highest BCUT2D eigenvalue weighted by atomic mass is 35.5. The van der Waals surface area contributed by atoms with Gasteiger partial charge in [-0.1, -0.05) is 18.2 Å². The zero-order chi connectivity index (χ0) is 8.97. The molecule has 12 heavy (non-hydrogen) atoms. The Morgan fingerprint density at radius 1 is 1.42 bits per heavy atom. The molecular formula is C10H13ClO.